The summed E-state index contributed by atoms with van der Waals surface area (Å²) in [6.45, 7) is 9.22. The smallest absolute Gasteiger partial charge is 0.0300 e. The van der Waals surface area contributed by atoms with Gasteiger partial charge in [0, 0.05) is 37.1 Å². The van der Waals surface area contributed by atoms with E-state index in [9.17, 15) is 0 Å². The lowest BCUT2D eigenvalue weighted by molar-refractivity contribution is 0.199. The van der Waals surface area contributed by atoms with E-state index < -0.39 is 0 Å². The average molecular weight is 281 g/mol. The molecule has 3 nitrogen and oxygen atoms in total. The zero-order valence-electron chi connectivity index (χ0n) is 12.3. The molecule has 4 heteroatoms. The summed E-state index contributed by atoms with van der Waals surface area (Å²) in [5.41, 5.74) is 0. The highest BCUT2D eigenvalue weighted by atomic mass is 32.1. The van der Waals surface area contributed by atoms with Gasteiger partial charge in [-0.05, 0) is 44.4 Å². The second-order valence-electron chi connectivity index (χ2n) is 5.44. The van der Waals surface area contributed by atoms with Gasteiger partial charge in [0.25, 0.3) is 0 Å². The van der Waals surface area contributed by atoms with Gasteiger partial charge in [-0.25, -0.2) is 0 Å². The van der Waals surface area contributed by atoms with E-state index in [1.165, 1.54) is 37.4 Å². The van der Waals surface area contributed by atoms with Crippen molar-refractivity contribution in [2.24, 2.45) is 0 Å². The van der Waals surface area contributed by atoms with Gasteiger partial charge in [0.15, 0.2) is 0 Å². The van der Waals surface area contributed by atoms with Gasteiger partial charge in [-0.15, -0.1) is 11.3 Å². The Balaban J connectivity index is 1.58. The predicted molar refractivity (Wildman–Crippen MR) is 83.8 cm³/mol. The molecule has 0 spiro atoms. The van der Waals surface area contributed by atoms with Crippen molar-refractivity contribution in [1.82, 2.24) is 15.1 Å². The lowest BCUT2D eigenvalue weighted by atomic mass is 10.2. The average Bonchev–Trinajstić information content (AvgIpc) is 3.05. The summed E-state index contributed by atoms with van der Waals surface area (Å²) in [4.78, 5) is 6.52. The third-order valence-corrected chi connectivity index (χ3v) is 4.85. The first-order chi connectivity index (χ1) is 9.29. The van der Waals surface area contributed by atoms with Crippen LogP contribution < -0.4 is 5.32 Å². The van der Waals surface area contributed by atoms with Crippen LogP contribution in [0, 0.1) is 0 Å². The number of likely N-dealkylation sites (N-methyl/N-ethyl adjacent to an activating group) is 2. The maximum atomic E-state index is 3.52. The number of likely N-dealkylation sites (tertiary alicyclic amines) is 1. The molecule has 1 fully saturated rings. The van der Waals surface area contributed by atoms with E-state index >= 15 is 0 Å². The van der Waals surface area contributed by atoms with E-state index in [4.69, 9.17) is 0 Å². The summed E-state index contributed by atoms with van der Waals surface area (Å²) in [6.07, 6.45) is 2.75. The number of thiophene rings is 1. The van der Waals surface area contributed by atoms with Crippen LogP contribution in [0.1, 0.15) is 24.6 Å². The monoisotopic (exact) mass is 281 g/mol. The normalized spacial score (nSPS) is 20.5. The fourth-order valence-corrected chi connectivity index (χ4v) is 3.54. The van der Waals surface area contributed by atoms with Crippen molar-refractivity contribution in [2.75, 3.05) is 39.8 Å². The Morgan fingerprint density at radius 1 is 1.53 bits per heavy atom. The van der Waals surface area contributed by atoms with Gasteiger partial charge in [-0.1, -0.05) is 13.0 Å². The van der Waals surface area contributed by atoms with Crippen molar-refractivity contribution in [3.05, 3.63) is 22.4 Å². The molecule has 1 aliphatic rings. The molecule has 1 N–H and O–H groups in total. The van der Waals surface area contributed by atoms with Crippen LogP contribution in [0.5, 0.6) is 0 Å². The zero-order valence-corrected chi connectivity index (χ0v) is 13.1. The van der Waals surface area contributed by atoms with Crippen molar-refractivity contribution < 1.29 is 0 Å². The predicted octanol–water partition coefficient (Wildman–Crippen LogP) is 2.25. The van der Waals surface area contributed by atoms with Crippen LogP contribution in [0.3, 0.4) is 0 Å². The van der Waals surface area contributed by atoms with Crippen LogP contribution >= 0.6 is 11.3 Å². The van der Waals surface area contributed by atoms with Gasteiger partial charge in [0.2, 0.25) is 0 Å². The van der Waals surface area contributed by atoms with Crippen molar-refractivity contribution in [3.8, 4) is 0 Å². The van der Waals surface area contributed by atoms with E-state index in [-0.39, 0.29) is 0 Å². The van der Waals surface area contributed by atoms with E-state index in [1.54, 1.807) is 0 Å². The van der Waals surface area contributed by atoms with Gasteiger partial charge < -0.3 is 10.2 Å². The SMILES string of the molecule is CCN1CCCC1CN(C)CCNCc1cccs1. The molecule has 0 amide bonds. The van der Waals surface area contributed by atoms with E-state index in [0.29, 0.717) is 0 Å². The standard InChI is InChI=1S/C15H27N3S/c1-3-18-9-4-6-14(18)13-17(2)10-8-16-12-15-7-5-11-19-15/h5,7,11,14,16H,3-4,6,8-10,12-13H2,1-2H3. The van der Waals surface area contributed by atoms with E-state index in [0.717, 1.165) is 25.7 Å². The third-order valence-electron chi connectivity index (χ3n) is 3.98. The van der Waals surface area contributed by atoms with Crippen molar-refractivity contribution in [1.29, 1.82) is 0 Å². The Morgan fingerprint density at radius 3 is 3.16 bits per heavy atom. The van der Waals surface area contributed by atoms with Gasteiger partial charge in [-0.3, -0.25) is 4.90 Å². The summed E-state index contributed by atoms with van der Waals surface area (Å²) >= 11 is 1.83. The van der Waals surface area contributed by atoms with Crippen LogP contribution in [0.25, 0.3) is 0 Å². The van der Waals surface area contributed by atoms with Crippen molar-refractivity contribution >= 4 is 11.3 Å². The van der Waals surface area contributed by atoms with Crippen LogP contribution in [-0.2, 0) is 6.54 Å². The van der Waals surface area contributed by atoms with E-state index in [1.807, 2.05) is 11.3 Å². The molecule has 0 aliphatic carbocycles. The molecule has 1 atom stereocenters. The number of rotatable bonds is 8. The summed E-state index contributed by atoms with van der Waals surface area (Å²) < 4.78 is 0. The molecule has 1 unspecified atom stereocenters. The first-order valence-corrected chi connectivity index (χ1v) is 8.33. The Bertz CT molecular complexity index is 339. The lowest BCUT2D eigenvalue weighted by Crippen LogP contribution is -2.40. The molecule has 0 radical (unpaired) electrons. The van der Waals surface area contributed by atoms with Crippen LogP contribution in [0.4, 0.5) is 0 Å². The molecule has 0 bridgehead atoms. The second-order valence-corrected chi connectivity index (χ2v) is 6.48. The molecule has 108 valence electrons. The Hall–Kier alpha value is -0.420. The Morgan fingerprint density at radius 2 is 2.42 bits per heavy atom. The molecule has 2 heterocycles. The van der Waals surface area contributed by atoms with Crippen LogP contribution in [0.2, 0.25) is 0 Å². The molecule has 19 heavy (non-hydrogen) atoms. The van der Waals surface area contributed by atoms with Gasteiger partial charge in [0.05, 0.1) is 0 Å². The van der Waals surface area contributed by atoms with Gasteiger partial charge in [0.1, 0.15) is 0 Å². The zero-order chi connectivity index (χ0) is 13.5. The number of nitrogens with one attached hydrogen (secondary N) is 1. The topological polar surface area (TPSA) is 18.5 Å². The maximum Gasteiger partial charge on any atom is 0.0300 e. The fourth-order valence-electron chi connectivity index (χ4n) is 2.86. The maximum absolute atomic E-state index is 3.52. The molecule has 2 rings (SSSR count). The lowest BCUT2D eigenvalue weighted by Gasteiger charge is -2.27. The highest BCUT2D eigenvalue weighted by Gasteiger charge is 2.23. The summed E-state index contributed by atoms with van der Waals surface area (Å²) in [6, 6.07) is 5.10. The first-order valence-electron chi connectivity index (χ1n) is 7.45. The number of hydrogen-bond acceptors (Lipinski definition) is 4. The minimum absolute atomic E-state index is 0.785. The number of hydrogen-bond donors (Lipinski definition) is 1. The third kappa shape index (κ3) is 4.88. The van der Waals surface area contributed by atoms with Gasteiger partial charge in [-0.2, -0.15) is 0 Å². The minimum atomic E-state index is 0.785. The fraction of sp³-hybridized carbons (Fsp3) is 0.733. The highest BCUT2D eigenvalue weighted by Crippen LogP contribution is 2.17. The quantitative estimate of drug-likeness (QED) is 0.737. The summed E-state index contributed by atoms with van der Waals surface area (Å²) in [5, 5.41) is 5.67. The summed E-state index contributed by atoms with van der Waals surface area (Å²) in [5.74, 6) is 0. The Labute approximate surface area is 121 Å². The molecule has 1 aromatic rings. The van der Waals surface area contributed by atoms with Crippen LogP contribution in [0.15, 0.2) is 17.5 Å². The van der Waals surface area contributed by atoms with Crippen LogP contribution in [-0.4, -0.2) is 55.6 Å². The molecular formula is C15H27N3S. The summed E-state index contributed by atoms with van der Waals surface area (Å²) in [7, 11) is 2.25. The molecule has 0 saturated carbocycles. The molecule has 1 saturated heterocycles. The molecule has 1 aliphatic heterocycles. The van der Waals surface area contributed by atoms with E-state index in [2.05, 4.69) is 46.6 Å². The highest BCUT2D eigenvalue weighted by molar-refractivity contribution is 7.09. The van der Waals surface area contributed by atoms with Gasteiger partial charge >= 0.3 is 0 Å². The largest absolute Gasteiger partial charge is 0.311 e. The van der Waals surface area contributed by atoms with Crippen molar-refractivity contribution in [3.63, 3.8) is 0 Å². The Kier molecular flexibility index (Phi) is 6.31. The molecule has 0 aromatic carbocycles. The minimum Gasteiger partial charge on any atom is -0.311 e. The number of nitrogens with zero attached hydrogens (tertiary/aromatic N) is 2. The van der Waals surface area contributed by atoms with Crippen molar-refractivity contribution in [2.45, 2.75) is 32.4 Å². The molecular weight excluding hydrogens is 254 g/mol. The first kappa shape index (κ1) is 15.0. The molecule has 1 aromatic heterocycles. The second kappa shape index (κ2) is 8.00.